The molecule has 1 aliphatic rings. The number of sulfonamides is 1. The number of para-hydroxylation sites is 1. The van der Waals surface area contributed by atoms with Crippen LogP contribution in [-0.2, 0) is 16.6 Å². The maximum Gasteiger partial charge on any atom is 0.267 e. The van der Waals surface area contributed by atoms with Gasteiger partial charge < -0.3 is 9.80 Å². The van der Waals surface area contributed by atoms with Crippen LogP contribution in [0.3, 0.4) is 0 Å². The Morgan fingerprint density at radius 1 is 0.795 bits per heavy atom. The van der Waals surface area contributed by atoms with Gasteiger partial charge in [-0.25, -0.2) is 12.8 Å². The van der Waals surface area contributed by atoms with Crippen molar-refractivity contribution in [1.29, 1.82) is 0 Å². The van der Waals surface area contributed by atoms with E-state index in [0.29, 0.717) is 34.9 Å². The molecular formula is C30H27ClFN3O3S. The van der Waals surface area contributed by atoms with E-state index in [1.165, 1.54) is 18.2 Å². The van der Waals surface area contributed by atoms with Gasteiger partial charge in [0.05, 0.1) is 12.2 Å². The number of amides is 1. The highest BCUT2D eigenvalue weighted by Gasteiger charge is 2.29. The maximum atomic E-state index is 14.6. The van der Waals surface area contributed by atoms with Crippen LogP contribution >= 0.6 is 11.6 Å². The van der Waals surface area contributed by atoms with Gasteiger partial charge in [-0.2, -0.15) is 0 Å². The molecule has 1 saturated heterocycles. The number of piperazine rings is 1. The molecule has 0 aliphatic carbocycles. The van der Waals surface area contributed by atoms with Crippen molar-refractivity contribution >= 4 is 38.9 Å². The third kappa shape index (κ3) is 5.92. The van der Waals surface area contributed by atoms with Crippen LogP contribution in [0.2, 0.25) is 5.02 Å². The van der Waals surface area contributed by atoms with Gasteiger partial charge in [-0.3, -0.25) is 9.10 Å². The lowest BCUT2D eigenvalue weighted by Gasteiger charge is -2.36. The Balaban J connectivity index is 1.37. The monoisotopic (exact) mass is 563 g/mol. The number of halogens is 2. The third-order valence-corrected chi connectivity index (χ3v) is 8.79. The number of carbonyl (C=O) groups is 1. The molecule has 9 heteroatoms. The van der Waals surface area contributed by atoms with Gasteiger partial charge in [0, 0.05) is 42.5 Å². The second kappa shape index (κ2) is 11.5. The summed E-state index contributed by atoms with van der Waals surface area (Å²) in [6.45, 7) is 2.58. The van der Waals surface area contributed by atoms with Crippen molar-refractivity contribution in [2.45, 2.75) is 11.4 Å². The minimum atomic E-state index is -4.25. The van der Waals surface area contributed by atoms with E-state index in [1.807, 2.05) is 18.2 Å². The highest BCUT2D eigenvalue weighted by Crippen LogP contribution is 2.28. The van der Waals surface area contributed by atoms with Gasteiger partial charge in [0.15, 0.2) is 0 Å². The van der Waals surface area contributed by atoms with Gasteiger partial charge >= 0.3 is 0 Å². The molecule has 0 unspecified atom stereocenters. The Bertz CT molecular complexity index is 1540. The Hall–Kier alpha value is -3.88. The van der Waals surface area contributed by atoms with Gasteiger partial charge in [0.25, 0.3) is 15.9 Å². The van der Waals surface area contributed by atoms with Gasteiger partial charge in [0.1, 0.15) is 10.7 Å². The number of benzene rings is 4. The summed E-state index contributed by atoms with van der Waals surface area (Å²) in [5.41, 5.74) is 2.59. The molecule has 0 radical (unpaired) electrons. The average Bonchev–Trinajstić information content (AvgIpc) is 2.97. The predicted molar refractivity (Wildman–Crippen MR) is 152 cm³/mol. The third-order valence-electron chi connectivity index (χ3n) is 6.73. The molecule has 4 aromatic carbocycles. The fourth-order valence-electron chi connectivity index (χ4n) is 4.60. The molecule has 1 heterocycles. The first-order valence-corrected chi connectivity index (χ1v) is 14.4. The fraction of sp³-hybridized carbons (Fsp3) is 0.167. The smallest absolute Gasteiger partial charge is 0.267 e. The second-order valence-corrected chi connectivity index (χ2v) is 11.5. The first kappa shape index (κ1) is 26.7. The molecule has 0 saturated carbocycles. The molecule has 6 nitrogen and oxygen atoms in total. The molecule has 0 spiro atoms. The second-order valence-electron chi connectivity index (χ2n) is 9.23. The molecule has 1 aliphatic heterocycles. The zero-order chi connectivity index (χ0) is 27.4. The molecule has 1 amide bonds. The number of hydrogen-bond donors (Lipinski definition) is 0. The normalized spacial score (nSPS) is 13.8. The van der Waals surface area contributed by atoms with Crippen molar-refractivity contribution < 1.29 is 17.6 Å². The largest absolute Gasteiger partial charge is 0.368 e. The molecule has 5 rings (SSSR count). The minimum absolute atomic E-state index is 0.0391. The van der Waals surface area contributed by atoms with Crippen molar-refractivity contribution in [2.75, 3.05) is 35.4 Å². The van der Waals surface area contributed by atoms with Crippen molar-refractivity contribution in [2.24, 2.45) is 0 Å². The number of anilines is 2. The summed E-state index contributed by atoms with van der Waals surface area (Å²) < 4.78 is 43.0. The minimum Gasteiger partial charge on any atom is -0.368 e. The van der Waals surface area contributed by atoms with Gasteiger partial charge in [-0.05, 0) is 66.2 Å². The summed E-state index contributed by atoms with van der Waals surface area (Å²) in [4.78, 5) is 16.8. The quantitative estimate of drug-likeness (QED) is 0.283. The Morgan fingerprint density at radius 2 is 1.41 bits per heavy atom. The Kier molecular flexibility index (Phi) is 7.86. The highest BCUT2D eigenvalue weighted by molar-refractivity contribution is 7.92. The van der Waals surface area contributed by atoms with Crippen molar-refractivity contribution in [1.82, 2.24) is 4.90 Å². The summed E-state index contributed by atoms with van der Waals surface area (Å²) in [7, 11) is -4.25. The van der Waals surface area contributed by atoms with E-state index in [2.05, 4.69) is 17.0 Å². The molecule has 200 valence electrons. The predicted octanol–water partition coefficient (Wildman–Crippen LogP) is 5.84. The molecule has 0 bridgehead atoms. The molecule has 0 aromatic heterocycles. The van der Waals surface area contributed by atoms with Crippen LogP contribution in [0.25, 0.3) is 0 Å². The van der Waals surface area contributed by atoms with Crippen LogP contribution in [-0.4, -0.2) is 45.4 Å². The van der Waals surface area contributed by atoms with E-state index in [4.69, 9.17) is 11.6 Å². The van der Waals surface area contributed by atoms with E-state index >= 15 is 0 Å². The standard InChI is InChI=1S/C30H27ClFN3O3S/c31-25-14-10-23(11-15-25)22-35(39(37,38)29-9-5-4-8-28(29)32)27-16-12-24(13-17-27)30(36)34-20-18-33(19-21-34)26-6-2-1-3-7-26/h1-17H,18-22H2. The summed E-state index contributed by atoms with van der Waals surface area (Å²) in [5, 5.41) is 0.523. The van der Waals surface area contributed by atoms with Gasteiger partial charge in [-0.15, -0.1) is 0 Å². The van der Waals surface area contributed by atoms with Crippen molar-refractivity contribution in [3.05, 3.63) is 125 Å². The molecule has 0 N–H and O–H groups in total. The van der Waals surface area contributed by atoms with E-state index in [-0.39, 0.29) is 12.5 Å². The SMILES string of the molecule is O=C(c1ccc(N(Cc2ccc(Cl)cc2)S(=O)(=O)c2ccccc2F)cc1)N1CCN(c2ccccc2)CC1. The lowest BCUT2D eigenvalue weighted by Crippen LogP contribution is -2.48. The van der Waals surface area contributed by atoms with E-state index < -0.39 is 20.7 Å². The van der Waals surface area contributed by atoms with Gasteiger partial charge in [-0.1, -0.05) is 54.1 Å². The van der Waals surface area contributed by atoms with E-state index in [1.54, 1.807) is 53.4 Å². The summed E-state index contributed by atoms with van der Waals surface area (Å²) in [5.74, 6) is -0.949. The van der Waals surface area contributed by atoms with Crippen molar-refractivity contribution in [3.8, 4) is 0 Å². The van der Waals surface area contributed by atoms with Crippen LogP contribution < -0.4 is 9.21 Å². The molecule has 4 aromatic rings. The van der Waals surface area contributed by atoms with Crippen LogP contribution in [0.15, 0.2) is 108 Å². The first-order valence-electron chi connectivity index (χ1n) is 12.5. The van der Waals surface area contributed by atoms with Crippen LogP contribution in [0.4, 0.5) is 15.8 Å². The zero-order valence-corrected chi connectivity index (χ0v) is 22.7. The van der Waals surface area contributed by atoms with Crippen LogP contribution in [0.1, 0.15) is 15.9 Å². The van der Waals surface area contributed by atoms with Gasteiger partial charge in [0.2, 0.25) is 0 Å². The Labute approximate surface area is 232 Å². The Morgan fingerprint density at radius 3 is 2.05 bits per heavy atom. The lowest BCUT2D eigenvalue weighted by atomic mass is 10.1. The molecule has 0 atom stereocenters. The molecule has 39 heavy (non-hydrogen) atoms. The summed E-state index contributed by atoms with van der Waals surface area (Å²) in [6.07, 6.45) is 0. The zero-order valence-electron chi connectivity index (χ0n) is 21.1. The highest BCUT2D eigenvalue weighted by atomic mass is 35.5. The van der Waals surface area contributed by atoms with E-state index in [0.717, 1.165) is 29.1 Å². The van der Waals surface area contributed by atoms with Crippen LogP contribution in [0, 0.1) is 5.82 Å². The number of carbonyl (C=O) groups excluding carboxylic acids is 1. The molecule has 1 fully saturated rings. The fourth-order valence-corrected chi connectivity index (χ4v) is 6.25. The first-order chi connectivity index (χ1) is 18.8. The average molecular weight is 564 g/mol. The van der Waals surface area contributed by atoms with E-state index in [9.17, 15) is 17.6 Å². The topological polar surface area (TPSA) is 60.9 Å². The van der Waals surface area contributed by atoms with Crippen LogP contribution in [0.5, 0.6) is 0 Å². The number of rotatable bonds is 7. The lowest BCUT2D eigenvalue weighted by molar-refractivity contribution is 0.0747. The number of hydrogen-bond acceptors (Lipinski definition) is 4. The number of nitrogens with zero attached hydrogens (tertiary/aromatic N) is 3. The maximum absolute atomic E-state index is 14.6. The summed E-state index contributed by atoms with van der Waals surface area (Å²) >= 11 is 6.00. The van der Waals surface area contributed by atoms with Crippen molar-refractivity contribution in [3.63, 3.8) is 0 Å². The summed E-state index contributed by atoms with van der Waals surface area (Å²) in [6, 6.07) is 28.6. The molecular weight excluding hydrogens is 537 g/mol.